The molecule has 2 unspecified atom stereocenters. The molecular formula is C53H101NO5. The number of carbonyl (C=O) groups excluding carboxylic acids is 2. The highest BCUT2D eigenvalue weighted by molar-refractivity contribution is 5.76. The molecule has 0 saturated carbocycles. The first-order chi connectivity index (χ1) is 29.0. The maximum Gasteiger partial charge on any atom is 0.305 e. The Labute approximate surface area is 367 Å². The van der Waals surface area contributed by atoms with Gasteiger partial charge in [-0.1, -0.05) is 231 Å². The maximum atomic E-state index is 12.4. The third-order valence-electron chi connectivity index (χ3n) is 12.0. The van der Waals surface area contributed by atoms with Crippen LogP contribution in [0.2, 0.25) is 0 Å². The average Bonchev–Trinajstić information content (AvgIpc) is 3.24. The summed E-state index contributed by atoms with van der Waals surface area (Å²) in [6, 6.07) is -0.558. The van der Waals surface area contributed by atoms with Crippen molar-refractivity contribution >= 4 is 11.9 Å². The normalized spacial score (nSPS) is 12.8. The number of aliphatic hydroxyl groups excluding tert-OH is 2. The Bertz CT molecular complexity index is 920. The lowest BCUT2D eigenvalue weighted by atomic mass is 10.0. The molecule has 0 saturated heterocycles. The zero-order valence-electron chi connectivity index (χ0n) is 39.5. The molecule has 0 heterocycles. The third-order valence-corrected chi connectivity index (χ3v) is 12.0. The van der Waals surface area contributed by atoms with Crippen molar-refractivity contribution in [3.8, 4) is 0 Å². The monoisotopic (exact) mass is 832 g/mol. The second-order valence-corrected chi connectivity index (χ2v) is 17.9. The standard InChI is InChI=1S/C53H101NO5/c1-3-5-7-9-11-13-15-17-19-20-22-24-26-31-35-39-43-47-53(58)59-48-44-40-36-32-28-27-30-34-38-42-46-52(57)54-50(49-55)51(56)45-41-37-33-29-25-23-21-18-16-14-12-10-8-6-4-2/h11,13,17,19,50-51,55-56H,3-10,12,14-16,18,20-49H2,1-2H3,(H,54,57)/b13-11-,19-17-. The zero-order chi connectivity index (χ0) is 43.0. The number of aliphatic hydroxyl groups is 2. The van der Waals surface area contributed by atoms with Gasteiger partial charge in [0, 0.05) is 12.8 Å². The smallest absolute Gasteiger partial charge is 0.305 e. The van der Waals surface area contributed by atoms with Gasteiger partial charge < -0.3 is 20.3 Å². The maximum absolute atomic E-state index is 12.4. The van der Waals surface area contributed by atoms with E-state index in [4.69, 9.17) is 4.74 Å². The van der Waals surface area contributed by atoms with E-state index in [1.54, 1.807) is 0 Å². The van der Waals surface area contributed by atoms with Gasteiger partial charge in [0.15, 0.2) is 0 Å². The van der Waals surface area contributed by atoms with Gasteiger partial charge in [0.2, 0.25) is 5.91 Å². The predicted octanol–water partition coefficient (Wildman–Crippen LogP) is 15.5. The molecule has 0 aromatic carbocycles. The zero-order valence-corrected chi connectivity index (χ0v) is 39.5. The summed E-state index contributed by atoms with van der Waals surface area (Å²) in [6.45, 7) is 4.88. The van der Waals surface area contributed by atoms with E-state index in [9.17, 15) is 19.8 Å². The predicted molar refractivity (Wildman–Crippen MR) is 255 cm³/mol. The number of hydrogen-bond acceptors (Lipinski definition) is 5. The van der Waals surface area contributed by atoms with Gasteiger partial charge >= 0.3 is 5.97 Å². The van der Waals surface area contributed by atoms with Crippen LogP contribution in [0.15, 0.2) is 24.3 Å². The van der Waals surface area contributed by atoms with Crippen LogP contribution in [0.4, 0.5) is 0 Å². The minimum Gasteiger partial charge on any atom is -0.466 e. The lowest BCUT2D eigenvalue weighted by molar-refractivity contribution is -0.143. The van der Waals surface area contributed by atoms with Crippen molar-refractivity contribution in [3.05, 3.63) is 24.3 Å². The van der Waals surface area contributed by atoms with Crippen molar-refractivity contribution in [2.24, 2.45) is 0 Å². The molecule has 0 spiro atoms. The number of nitrogens with one attached hydrogen (secondary N) is 1. The first-order valence-corrected chi connectivity index (χ1v) is 26.1. The van der Waals surface area contributed by atoms with E-state index in [1.165, 1.54) is 180 Å². The molecule has 0 aliphatic carbocycles. The van der Waals surface area contributed by atoms with E-state index < -0.39 is 12.1 Å². The fourth-order valence-corrected chi connectivity index (χ4v) is 7.96. The Hall–Kier alpha value is -1.66. The Morgan fingerprint density at radius 2 is 0.847 bits per heavy atom. The molecule has 6 nitrogen and oxygen atoms in total. The number of carbonyl (C=O) groups is 2. The third kappa shape index (κ3) is 45.7. The molecule has 3 N–H and O–H groups in total. The summed E-state index contributed by atoms with van der Waals surface area (Å²) >= 11 is 0. The van der Waals surface area contributed by atoms with Crippen molar-refractivity contribution in [3.63, 3.8) is 0 Å². The van der Waals surface area contributed by atoms with Gasteiger partial charge in [-0.05, 0) is 57.8 Å². The molecule has 0 aromatic heterocycles. The van der Waals surface area contributed by atoms with Gasteiger partial charge in [-0.2, -0.15) is 0 Å². The molecule has 59 heavy (non-hydrogen) atoms. The van der Waals surface area contributed by atoms with Crippen molar-refractivity contribution in [2.75, 3.05) is 13.2 Å². The number of unbranched alkanes of at least 4 members (excludes halogenated alkanes) is 33. The molecule has 0 aliphatic rings. The molecule has 0 bridgehead atoms. The average molecular weight is 832 g/mol. The van der Waals surface area contributed by atoms with Crippen LogP contribution in [-0.4, -0.2) is 47.4 Å². The molecule has 0 radical (unpaired) electrons. The van der Waals surface area contributed by atoms with E-state index in [0.717, 1.165) is 64.2 Å². The fraction of sp³-hybridized carbons (Fsp3) is 0.887. The number of allylic oxidation sites excluding steroid dienone is 4. The molecule has 6 heteroatoms. The summed E-state index contributed by atoms with van der Waals surface area (Å²) in [6.07, 6.45) is 57.1. The Kier molecular flexibility index (Phi) is 47.6. The van der Waals surface area contributed by atoms with Gasteiger partial charge in [0.25, 0.3) is 0 Å². The Morgan fingerprint density at radius 3 is 1.32 bits per heavy atom. The van der Waals surface area contributed by atoms with Crippen LogP contribution in [0.5, 0.6) is 0 Å². The van der Waals surface area contributed by atoms with E-state index in [1.807, 2.05) is 0 Å². The molecule has 0 aromatic rings. The quantitative estimate of drug-likeness (QED) is 0.0322. The summed E-state index contributed by atoms with van der Waals surface area (Å²) in [7, 11) is 0. The second-order valence-electron chi connectivity index (χ2n) is 17.9. The van der Waals surface area contributed by atoms with E-state index in [2.05, 4.69) is 43.5 Å². The minimum atomic E-state index is -0.679. The van der Waals surface area contributed by atoms with Gasteiger partial charge in [-0.25, -0.2) is 0 Å². The first-order valence-electron chi connectivity index (χ1n) is 26.1. The van der Waals surface area contributed by atoms with Crippen LogP contribution in [0.3, 0.4) is 0 Å². The first kappa shape index (κ1) is 57.3. The molecule has 0 aliphatic heterocycles. The molecule has 0 rings (SSSR count). The van der Waals surface area contributed by atoms with Crippen LogP contribution in [0, 0.1) is 0 Å². The van der Waals surface area contributed by atoms with Gasteiger partial charge in [-0.15, -0.1) is 0 Å². The molecule has 1 amide bonds. The number of rotatable bonds is 48. The topological polar surface area (TPSA) is 95.9 Å². The van der Waals surface area contributed by atoms with Gasteiger partial charge in [-0.3, -0.25) is 9.59 Å². The van der Waals surface area contributed by atoms with Crippen molar-refractivity contribution in [2.45, 2.75) is 289 Å². The van der Waals surface area contributed by atoms with Crippen LogP contribution in [0.1, 0.15) is 277 Å². The second kappa shape index (κ2) is 49.0. The number of esters is 1. The highest BCUT2D eigenvalue weighted by Crippen LogP contribution is 2.16. The van der Waals surface area contributed by atoms with Gasteiger partial charge in [0.05, 0.1) is 25.4 Å². The molecular weight excluding hydrogens is 731 g/mol. The molecule has 2 atom stereocenters. The summed E-state index contributed by atoms with van der Waals surface area (Å²) in [4.78, 5) is 24.5. The Balaban J connectivity index is 3.48. The van der Waals surface area contributed by atoms with Crippen LogP contribution >= 0.6 is 0 Å². The van der Waals surface area contributed by atoms with Crippen LogP contribution in [-0.2, 0) is 14.3 Å². The molecule has 348 valence electrons. The minimum absolute atomic E-state index is 0.0264. The lowest BCUT2D eigenvalue weighted by Gasteiger charge is -2.22. The molecule has 0 fully saturated rings. The summed E-state index contributed by atoms with van der Waals surface area (Å²) in [5.41, 5.74) is 0. The highest BCUT2D eigenvalue weighted by atomic mass is 16.5. The van der Waals surface area contributed by atoms with Gasteiger partial charge in [0.1, 0.15) is 0 Å². The fourth-order valence-electron chi connectivity index (χ4n) is 7.96. The summed E-state index contributed by atoms with van der Waals surface area (Å²) < 4.78 is 5.46. The largest absolute Gasteiger partial charge is 0.466 e. The number of amides is 1. The highest BCUT2D eigenvalue weighted by Gasteiger charge is 2.20. The van der Waals surface area contributed by atoms with Crippen LogP contribution < -0.4 is 5.32 Å². The summed E-state index contributed by atoms with van der Waals surface area (Å²) in [5, 5.41) is 23.2. The Morgan fingerprint density at radius 1 is 0.475 bits per heavy atom. The van der Waals surface area contributed by atoms with E-state index in [0.29, 0.717) is 25.9 Å². The van der Waals surface area contributed by atoms with E-state index >= 15 is 0 Å². The number of ether oxygens (including phenoxy) is 1. The van der Waals surface area contributed by atoms with Crippen molar-refractivity contribution in [1.82, 2.24) is 5.32 Å². The van der Waals surface area contributed by atoms with Crippen molar-refractivity contribution < 1.29 is 24.5 Å². The lowest BCUT2D eigenvalue weighted by Crippen LogP contribution is -2.45. The SMILES string of the molecule is CCCCC/C=C\C/C=C\CCCCCCCCCC(=O)OCCCCCCCCCCCCC(=O)NC(CO)C(O)CCCCCCCCCCCCCCCCC. The van der Waals surface area contributed by atoms with Crippen LogP contribution in [0.25, 0.3) is 0 Å². The summed E-state index contributed by atoms with van der Waals surface area (Å²) in [5.74, 6) is -0.0841. The van der Waals surface area contributed by atoms with E-state index in [-0.39, 0.29) is 18.5 Å². The van der Waals surface area contributed by atoms with Crippen molar-refractivity contribution in [1.29, 1.82) is 0 Å². The number of hydrogen-bond donors (Lipinski definition) is 3.